The van der Waals surface area contributed by atoms with Gasteiger partial charge in [-0.2, -0.15) is 0 Å². The first-order valence-electron chi connectivity index (χ1n) is 5.87. The summed E-state index contributed by atoms with van der Waals surface area (Å²) < 4.78 is 0. The van der Waals surface area contributed by atoms with Crippen molar-refractivity contribution in [3.05, 3.63) is 28.0 Å². The van der Waals surface area contributed by atoms with Gasteiger partial charge in [0.15, 0.2) is 0 Å². The summed E-state index contributed by atoms with van der Waals surface area (Å²) in [5, 5.41) is 13.2. The third kappa shape index (κ3) is 4.33. The van der Waals surface area contributed by atoms with Crippen LogP contribution in [0.2, 0.25) is 0 Å². The molecule has 1 heterocycles. The molecule has 0 aliphatic rings. The zero-order valence-electron chi connectivity index (χ0n) is 10.5. The van der Waals surface area contributed by atoms with E-state index in [0.29, 0.717) is 5.56 Å². The molecule has 0 fully saturated rings. The van der Waals surface area contributed by atoms with E-state index in [2.05, 4.69) is 5.32 Å². The fourth-order valence-electron chi connectivity index (χ4n) is 1.47. The van der Waals surface area contributed by atoms with Gasteiger partial charge in [-0.25, -0.2) is 4.79 Å². The van der Waals surface area contributed by atoms with Crippen molar-refractivity contribution in [2.45, 2.75) is 32.7 Å². The van der Waals surface area contributed by atoms with Crippen molar-refractivity contribution in [2.24, 2.45) is 0 Å². The molecule has 1 aromatic heterocycles. The van der Waals surface area contributed by atoms with Gasteiger partial charge in [-0.05, 0) is 25.0 Å². The summed E-state index contributed by atoms with van der Waals surface area (Å²) in [5.41, 5.74) is 0.580. The van der Waals surface area contributed by atoms with Crippen LogP contribution < -0.4 is 5.32 Å². The highest BCUT2D eigenvalue weighted by molar-refractivity contribution is 7.11. The second kappa shape index (κ2) is 6.96. The highest BCUT2D eigenvalue weighted by atomic mass is 32.1. The molecule has 0 unspecified atom stereocenters. The van der Waals surface area contributed by atoms with Gasteiger partial charge in [-0.3, -0.25) is 4.79 Å². The molecule has 1 amide bonds. The molecule has 0 saturated carbocycles. The van der Waals surface area contributed by atoms with Crippen LogP contribution in [0.15, 0.2) is 17.5 Å². The second-order valence-electron chi connectivity index (χ2n) is 3.90. The molecule has 5 heteroatoms. The smallest absolute Gasteiger partial charge is 0.328 e. The number of amides is 1. The zero-order valence-corrected chi connectivity index (χ0v) is 11.3. The van der Waals surface area contributed by atoms with Crippen LogP contribution >= 0.6 is 11.3 Å². The van der Waals surface area contributed by atoms with E-state index in [9.17, 15) is 9.59 Å². The van der Waals surface area contributed by atoms with Crippen LogP contribution in [0.4, 0.5) is 0 Å². The standard InChI is InChI=1S/C13H17NO3S/c1-3-10(4-2)14-13(17)9-7-11(18-8-9)5-6-12(15)16/h5-8,10H,3-4H2,1-2H3,(H,14,17)(H,15,16). The number of carbonyl (C=O) groups excluding carboxylic acids is 1. The lowest BCUT2D eigenvalue weighted by Gasteiger charge is -2.13. The number of thiophene rings is 1. The summed E-state index contributed by atoms with van der Waals surface area (Å²) in [7, 11) is 0. The number of carboxylic acid groups (broad SMARTS) is 1. The first kappa shape index (κ1) is 14.4. The van der Waals surface area contributed by atoms with Crippen LogP contribution in [0.3, 0.4) is 0 Å². The Morgan fingerprint density at radius 2 is 2.11 bits per heavy atom. The molecule has 18 heavy (non-hydrogen) atoms. The number of hydrogen-bond donors (Lipinski definition) is 2. The van der Waals surface area contributed by atoms with E-state index in [1.54, 1.807) is 11.4 Å². The van der Waals surface area contributed by atoms with E-state index >= 15 is 0 Å². The minimum absolute atomic E-state index is 0.102. The topological polar surface area (TPSA) is 66.4 Å². The maximum atomic E-state index is 11.9. The molecule has 0 aliphatic heterocycles. The molecule has 1 rings (SSSR count). The fourth-order valence-corrected chi connectivity index (χ4v) is 2.25. The normalized spacial score (nSPS) is 11.1. The van der Waals surface area contributed by atoms with Gasteiger partial charge >= 0.3 is 5.97 Å². The maximum absolute atomic E-state index is 11.9. The van der Waals surface area contributed by atoms with Gasteiger partial charge in [0.25, 0.3) is 5.91 Å². The highest BCUT2D eigenvalue weighted by Gasteiger charge is 2.11. The van der Waals surface area contributed by atoms with Crippen LogP contribution in [-0.2, 0) is 4.79 Å². The van der Waals surface area contributed by atoms with Gasteiger partial charge in [0.2, 0.25) is 0 Å². The van der Waals surface area contributed by atoms with Gasteiger partial charge in [0.05, 0.1) is 5.56 Å². The van der Waals surface area contributed by atoms with Crippen molar-refractivity contribution in [3.63, 3.8) is 0 Å². The molecule has 98 valence electrons. The molecule has 1 aromatic rings. The second-order valence-corrected chi connectivity index (χ2v) is 4.84. The average molecular weight is 267 g/mol. The van der Waals surface area contributed by atoms with Crippen LogP contribution in [0, 0.1) is 0 Å². The Kier molecular flexibility index (Phi) is 5.58. The minimum atomic E-state index is -0.994. The van der Waals surface area contributed by atoms with Crippen molar-refractivity contribution >= 4 is 29.3 Å². The third-order valence-corrected chi connectivity index (χ3v) is 3.49. The van der Waals surface area contributed by atoms with Crippen LogP contribution in [0.25, 0.3) is 6.08 Å². The van der Waals surface area contributed by atoms with Crippen LogP contribution in [0.1, 0.15) is 41.9 Å². The van der Waals surface area contributed by atoms with Gasteiger partial charge in [0, 0.05) is 22.4 Å². The Balaban J connectivity index is 2.67. The molecule has 0 aromatic carbocycles. The molecule has 0 bridgehead atoms. The molecule has 4 nitrogen and oxygen atoms in total. The van der Waals surface area contributed by atoms with Crippen LogP contribution in [-0.4, -0.2) is 23.0 Å². The van der Waals surface area contributed by atoms with E-state index in [1.807, 2.05) is 13.8 Å². The summed E-state index contributed by atoms with van der Waals surface area (Å²) in [6.45, 7) is 4.06. The number of rotatable bonds is 6. The van der Waals surface area contributed by atoms with Gasteiger partial charge in [-0.15, -0.1) is 11.3 Å². The average Bonchev–Trinajstić information content (AvgIpc) is 2.82. The van der Waals surface area contributed by atoms with Crippen molar-refractivity contribution in [3.8, 4) is 0 Å². The Morgan fingerprint density at radius 1 is 1.44 bits per heavy atom. The van der Waals surface area contributed by atoms with Gasteiger partial charge in [-0.1, -0.05) is 13.8 Å². The Hall–Kier alpha value is -1.62. The summed E-state index contributed by atoms with van der Waals surface area (Å²) >= 11 is 1.35. The summed E-state index contributed by atoms with van der Waals surface area (Å²) in [6.07, 6.45) is 4.35. The molecule has 0 spiro atoms. The lowest BCUT2D eigenvalue weighted by Crippen LogP contribution is -2.33. The zero-order chi connectivity index (χ0) is 13.5. The minimum Gasteiger partial charge on any atom is -0.478 e. The van der Waals surface area contributed by atoms with E-state index < -0.39 is 5.97 Å². The first-order chi connectivity index (χ1) is 8.56. The monoisotopic (exact) mass is 267 g/mol. The number of carboxylic acids is 1. The third-order valence-electron chi connectivity index (χ3n) is 2.59. The maximum Gasteiger partial charge on any atom is 0.328 e. The summed E-state index contributed by atoms with van der Waals surface area (Å²) in [5.74, 6) is -1.10. The first-order valence-corrected chi connectivity index (χ1v) is 6.75. The quantitative estimate of drug-likeness (QED) is 0.779. The summed E-state index contributed by atoms with van der Waals surface area (Å²) in [6, 6.07) is 1.89. The predicted octanol–water partition coefficient (Wildman–Crippen LogP) is 2.76. The number of nitrogens with one attached hydrogen (secondary N) is 1. The lowest BCUT2D eigenvalue weighted by molar-refractivity contribution is -0.131. The summed E-state index contributed by atoms with van der Waals surface area (Å²) in [4.78, 5) is 23.0. The lowest BCUT2D eigenvalue weighted by atomic mass is 10.1. The molecular weight excluding hydrogens is 250 g/mol. The van der Waals surface area contributed by atoms with Crippen molar-refractivity contribution in [1.82, 2.24) is 5.32 Å². The SMILES string of the molecule is CCC(CC)NC(=O)c1csc(C=CC(=O)O)c1. The highest BCUT2D eigenvalue weighted by Crippen LogP contribution is 2.16. The Labute approximate surface area is 110 Å². The van der Waals surface area contributed by atoms with Crippen molar-refractivity contribution in [2.75, 3.05) is 0 Å². The van der Waals surface area contributed by atoms with Gasteiger partial charge in [0.1, 0.15) is 0 Å². The van der Waals surface area contributed by atoms with Gasteiger partial charge < -0.3 is 10.4 Å². The molecule has 0 atom stereocenters. The molecule has 0 saturated heterocycles. The number of carbonyl (C=O) groups is 2. The Morgan fingerprint density at radius 3 is 2.67 bits per heavy atom. The molecular formula is C13H17NO3S. The van der Waals surface area contributed by atoms with E-state index in [1.165, 1.54) is 17.4 Å². The van der Waals surface area contributed by atoms with E-state index in [4.69, 9.17) is 5.11 Å². The van der Waals surface area contributed by atoms with Crippen molar-refractivity contribution < 1.29 is 14.7 Å². The van der Waals surface area contributed by atoms with Crippen LogP contribution in [0.5, 0.6) is 0 Å². The van der Waals surface area contributed by atoms with Crippen molar-refractivity contribution in [1.29, 1.82) is 0 Å². The predicted molar refractivity (Wildman–Crippen MR) is 72.8 cm³/mol. The molecule has 0 radical (unpaired) electrons. The molecule has 0 aliphatic carbocycles. The largest absolute Gasteiger partial charge is 0.478 e. The van der Waals surface area contributed by atoms with E-state index in [0.717, 1.165) is 23.8 Å². The Bertz CT molecular complexity index is 447. The number of aliphatic carboxylic acids is 1. The number of hydrogen-bond acceptors (Lipinski definition) is 3. The fraction of sp³-hybridized carbons (Fsp3) is 0.385. The van der Waals surface area contributed by atoms with E-state index in [-0.39, 0.29) is 11.9 Å². The molecule has 2 N–H and O–H groups in total.